The average Bonchev–Trinajstić information content (AvgIpc) is 2.70. The summed E-state index contributed by atoms with van der Waals surface area (Å²) in [5.74, 6) is 0.380. The summed E-state index contributed by atoms with van der Waals surface area (Å²) in [7, 11) is -3.44. The second-order valence-electron chi connectivity index (χ2n) is 7.54. The number of amides is 1. The van der Waals surface area contributed by atoms with Crippen LogP contribution >= 0.6 is 0 Å². The molecule has 1 aromatic carbocycles. The molecule has 2 aliphatic rings. The summed E-state index contributed by atoms with van der Waals surface area (Å²) in [5.41, 5.74) is 0. The predicted octanol–water partition coefficient (Wildman–Crippen LogP) is 3.08. The fourth-order valence-corrected chi connectivity index (χ4v) is 5.28. The van der Waals surface area contributed by atoms with Crippen LogP contribution < -0.4 is 10.1 Å². The minimum absolute atomic E-state index is 0.119. The first-order chi connectivity index (χ1) is 13.0. The minimum atomic E-state index is -3.44. The minimum Gasteiger partial charge on any atom is -0.481 e. The van der Waals surface area contributed by atoms with Crippen LogP contribution in [0.25, 0.3) is 0 Å². The van der Waals surface area contributed by atoms with Gasteiger partial charge in [0.15, 0.2) is 6.10 Å². The van der Waals surface area contributed by atoms with Crippen LogP contribution in [-0.2, 0) is 14.8 Å². The van der Waals surface area contributed by atoms with E-state index in [0.29, 0.717) is 18.8 Å². The van der Waals surface area contributed by atoms with E-state index in [1.54, 1.807) is 35.5 Å². The van der Waals surface area contributed by atoms with Crippen molar-refractivity contribution in [1.82, 2.24) is 9.62 Å². The Morgan fingerprint density at radius 2 is 1.63 bits per heavy atom. The highest BCUT2D eigenvalue weighted by molar-refractivity contribution is 7.89. The number of nitrogens with one attached hydrogen (secondary N) is 1. The zero-order chi connectivity index (χ0) is 19.3. The van der Waals surface area contributed by atoms with Crippen LogP contribution in [0, 0.1) is 0 Å². The van der Waals surface area contributed by atoms with Gasteiger partial charge in [0.1, 0.15) is 5.75 Å². The fraction of sp³-hybridized carbons (Fsp3) is 0.650. The van der Waals surface area contributed by atoms with E-state index in [1.807, 2.05) is 0 Å². The number of carbonyl (C=O) groups is 1. The van der Waals surface area contributed by atoms with Gasteiger partial charge < -0.3 is 10.1 Å². The molecule has 0 aromatic heterocycles. The van der Waals surface area contributed by atoms with Gasteiger partial charge in [-0.1, -0.05) is 25.7 Å². The highest BCUT2D eigenvalue weighted by atomic mass is 32.2. The largest absolute Gasteiger partial charge is 0.481 e. The topological polar surface area (TPSA) is 75.7 Å². The molecule has 0 spiro atoms. The Morgan fingerprint density at radius 1 is 1.04 bits per heavy atom. The van der Waals surface area contributed by atoms with E-state index in [0.717, 1.165) is 44.9 Å². The molecule has 1 aliphatic carbocycles. The summed E-state index contributed by atoms with van der Waals surface area (Å²) in [6, 6.07) is 6.62. The molecular formula is C20H30N2O4S. The zero-order valence-corrected chi connectivity index (χ0v) is 16.8. The van der Waals surface area contributed by atoms with Crippen molar-refractivity contribution in [2.75, 3.05) is 13.1 Å². The number of hydrogen-bond donors (Lipinski definition) is 1. The predicted molar refractivity (Wildman–Crippen MR) is 104 cm³/mol. The quantitative estimate of drug-likeness (QED) is 0.804. The average molecular weight is 395 g/mol. The van der Waals surface area contributed by atoms with Crippen LogP contribution in [0.2, 0.25) is 0 Å². The van der Waals surface area contributed by atoms with Gasteiger partial charge in [-0.2, -0.15) is 4.31 Å². The lowest BCUT2D eigenvalue weighted by Crippen LogP contribution is -2.43. The molecule has 0 bridgehead atoms. The van der Waals surface area contributed by atoms with E-state index in [4.69, 9.17) is 4.74 Å². The molecule has 1 saturated heterocycles. The van der Waals surface area contributed by atoms with Crippen molar-refractivity contribution in [3.63, 3.8) is 0 Å². The molecule has 1 atom stereocenters. The van der Waals surface area contributed by atoms with Crippen LogP contribution in [0.1, 0.15) is 58.3 Å². The van der Waals surface area contributed by atoms with Crippen LogP contribution in [0.3, 0.4) is 0 Å². The lowest BCUT2D eigenvalue weighted by Gasteiger charge is -2.26. The fourth-order valence-electron chi connectivity index (χ4n) is 3.77. The van der Waals surface area contributed by atoms with Crippen molar-refractivity contribution < 1.29 is 17.9 Å². The van der Waals surface area contributed by atoms with Crippen molar-refractivity contribution in [1.29, 1.82) is 0 Å². The molecular weight excluding hydrogens is 364 g/mol. The van der Waals surface area contributed by atoms with Gasteiger partial charge in [-0.05, 0) is 56.9 Å². The maximum absolute atomic E-state index is 12.7. The van der Waals surface area contributed by atoms with E-state index < -0.39 is 16.1 Å². The first-order valence-electron chi connectivity index (χ1n) is 10.0. The molecule has 150 valence electrons. The van der Waals surface area contributed by atoms with E-state index in [2.05, 4.69) is 5.32 Å². The smallest absolute Gasteiger partial charge is 0.260 e. The zero-order valence-electron chi connectivity index (χ0n) is 16.0. The summed E-state index contributed by atoms with van der Waals surface area (Å²) < 4.78 is 32.6. The first-order valence-corrected chi connectivity index (χ1v) is 11.5. The molecule has 1 heterocycles. The standard InChI is InChI=1S/C20H30N2O4S/c1-16(20(23)21-17-8-4-2-5-9-17)26-18-10-12-19(13-11-18)27(24,25)22-14-6-3-7-15-22/h10-13,16-17H,2-9,14-15H2,1H3,(H,21,23)/t16-/m0/s1. The van der Waals surface area contributed by atoms with Gasteiger partial charge >= 0.3 is 0 Å². The second-order valence-corrected chi connectivity index (χ2v) is 9.48. The first kappa shape index (κ1) is 20.1. The third-order valence-electron chi connectivity index (χ3n) is 5.41. The molecule has 3 rings (SSSR count). The Bertz CT molecular complexity index is 721. The Hall–Kier alpha value is -1.60. The van der Waals surface area contributed by atoms with Crippen LogP contribution in [0.15, 0.2) is 29.2 Å². The van der Waals surface area contributed by atoms with Crippen LogP contribution in [-0.4, -0.2) is 43.9 Å². The molecule has 1 saturated carbocycles. The lowest BCUT2D eigenvalue weighted by molar-refractivity contribution is -0.128. The molecule has 1 amide bonds. The Kier molecular flexibility index (Phi) is 6.76. The van der Waals surface area contributed by atoms with Crippen molar-refractivity contribution in [3.05, 3.63) is 24.3 Å². The monoisotopic (exact) mass is 394 g/mol. The van der Waals surface area contributed by atoms with Gasteiger partial charge in [0.25, 0.3) is 5.91 Å². The molecule has 1 aromatic rings. The molecule has 0 radical (unpaired) electrons. The number of piperidine rings is 1. The number of ether oxygens (including phenoxy) is 1. The van der Waals surface area contributed by atoms with Crippen LogP contribution in [0.4, 0.5) is 0 Å². The molecule has 0 unspecified atom stereocenters. The highest BCUT2D eigenvalue weighted by Gasteiger charge is 2.26. The normalized spacial score (nSPS) is 20.8. The van der Waals surface area contributed by atoms with Gasteiger partial charge in [0.2, 0.25) is 10.0 Å². The second kappa shape index (κ2) is 9.06. The lowest BCUT2D eigenvalue weighted by atomic mass is 9.95. The van der Waals surface area contributed by atoms with Crippen LogP contribution in [0.5, 0.6) is 5.75 Å². The third kappa shape index (κ3) is 5.23. The molecule has 7 heteroatoms. The van der Waals surface area contributed by atoms with Crippen molar-refractivity contribution in [2.45, 2.75) is 75.3 Å². The maximum Gasteiger partial charge on any atom is 0.260 e. The van der Waals surface area contributed by atoms with Crippen molar-refractivity contribution in [3.8, 4) is 5.75 Å². The van der Waals surface area contributed by atoms with Gasteiger partial charge in [0, 0.05) is 19.1 Å². The van der Waals surface area contributed by atoms with Gasteiger partial charge in [-0.25, -0.2) is 8.42 Å². The Morgan fingerprint density at radius 3 is 2.26 bits per heavy atom. The summed E-state index contributed by atoms with van der Waals surface area (Å²) in [6.07, 6.45) is 7.91. The SMILES string of the molecule is C[C@H](Oc1ccc(S(=O)(=O)N2CCCCC2)cc1)C(=O)NC1CCCCC1. The Balaban J connectivity index is 1.57. The highest BCUT2D eigenvalue weighted by Crippen LogP contribution is 2.23. The molecule has 2 fully saturated rings. The molecule has 6 nitrogen and oxygen atoms in total. The number of hydrogen-bond acceptors (Lipinski definition) is 4. The molecule has 27 heavy (non-hydrogen) atoms. The number of rotatable bonds is 6. The van der Waals surface area contributed by atoms with Gasteiger partial charge in [-0.3, -0.25) is 4.79 Å². The third-order valence-corrected chi connectivity index (χ3v) is 7.32. The summed E-state index contributed by atoms with van der Waals surface area (Å²) in [6.45, 7) is 2.88. The molecule has 1 aliphatic heterocycles. The summed E-state index contributed by atoms with van der Waals surface area (Å²) >= 11 is 0. The summed E-state index contributed by atoms with van der Waals surface area (Å²) in [5, 5.41) is 3.05. The van der Waals surface area contributed by atoms with E-state index in [-0.39, 0.29) is 16.8 Å². The number of benzene rings is 1. The van der Waals surface area contributed by atoms with E-state index >= 15 is 0 Å². The van der Waals surface area contributed by atoms with E-state index in [1.165, 1.54) is 6.42 Å². The maximum atomic E-state index is 12.7. The summed E-state index contributed by atoms with van der Waals surface area (Å²) in [4.78, 5) is 12.6. The van der Waals surface area contributed by atoms with Crippen molar-refractivity contribution >= 4 is 15.9 Å². The number of sulfonamides is 1. The van der Waals surface area contributed by atoms with Gasteiger partial charge in [-0.15, -0.1) is 0 Å². The van der Waals surface area contributed by atoms with Gasteiger partial charge in [0.05, 0.1) is 4.90 Å². The molecule has 1 N–H and O–H groups in total. The van der Waals surface area contributed by atoms with Crippen molar-refractivity contribution in [2.24, 2.45) is 0 Å². The Labute approximate surface area is 162 Å². The number of nitrogens with zero attached hydrogens (tertiary/aromatic N) is 1. The number of carbonyl (C=O) groups excluding carboxylic acids is 1. The van der Waals surface area contributed by atoms with E-state index in [9.17, 15) is 13.2 Å².